The van der Waals surface area contributed by atoms with Gasteiger partial charge in [-0.1, -0.05) is 0 Å². The molecule has 2 saturated heterocycles. The number of methoxy groups -OCH3 is 1. The monoisotopic (exact) mass is 246 g/mol. The van der Waals surface area contributed by atoms with Gasteiger partial charge >= 0.3 is 0 Å². The van der Waals surface area contributed by atoms with Crippen molar-refractivity contribution in [1.82, 2.24) is 5.48 Å². The minimum Gasteiger partial charge on any atom is -0.384 e. The highest BCUT2D eigenvalue weighted by Gasteiger charge is 2.39. The molecule has 6 heteroatoms. The first-order chi connectivity index (χ1) is 8.18. The lowest BCUT2D eigenvalue weighted by Crippen LogP contribution is -2.58. The summed E-state index contributed by atoms with van der Waals surface area (Å²) in [4.78, 5) is 5.39. The van der Waals surface area contributed by atoms with Gasteiger partial charge in [0.15, 0.2) is 0 Å². The molecule has 2 fully saturated rings. The van der Waals surface area contributed by atoms with E-state index < -0.39 is 0 Å². The molecule has 2 rings (SSSR count). The van der Waals surface area contributed by atoms with Crippen molar-refractivity contribution >= 4 is 0 Å². The fourth-order valence-corrected chi connectivity index (χ4v) is 1.97. The normalized spacial score (nSPS) is 25.1. The predicted octanol–water partition coefficient (Wildman–Crippen LogP) is -0.712. The molecule has 0 aromatic carbocycles. The van der Waals surface area contributed by atoms with Crippen LogP contribution in [0.25, 0.3) is 0 Å². The topological polar surface area (TPSA) is 75.0 Å². The second kappa shape index (κ2) is 5.60. The van der Waals surface area contributed by atoms with Gasteiger partial charge < -0.3 is 24.8 Å². The van der Waals surface area contributed by atoms with Crippen LogP contribution >= 0.6 is 0 Å². The summed E-state index contributed by atoms with van der Waals surface area (Å²) in [5, 5.41) is 0. The summed E-state index contributed by atoms with van der Waals surface area (Å²) in [6.07, 6.45) is 0.813. The zero-order valence-corrected chi connectivity index (χ0v) is 10.4. The van der Waals surface area contributed by atoms with Crippen molar-refractivity contribution in [2.45, 2.75) is 12.0 Å². The molecule has 0 spiro atoms. The fourth-order valence-electron chi connectivity index (χ4n) is 1.97. The molecule has 2 aliphatic rings. The van der Waals surface area contributed by atoms with Crippen molar-refractivity contribution in [2.75, 3.05) is 53.3 Å². The Morgan fingerprint density at radius 3 is 2.41 bits per heavy atom. The van der Waals surface area contributed by atoms with E-state index in [9.17, 15) is 0 Å². The van der Waals surface area contributed by atoms with Crippen LogP contribution in [0.4, 0.5) is 0 Å². The van der Waals surface area contributed by atoms with Gasteiger partial charge in [-0.2, -0.15) is 0 Å². The zero-order valence-electron chi connectivity index (χ0n) is 10.4. The van der Waals surface area contributed by atoms with Gasteiger partial charge in [0.1, 0.15) is 0 Å². The second-order valence-electron chi connectivity index (χ2n) is 5.20. The molecule has 17 heavy (non-hydrogen) atoms. The first kappa shape index (κ1) is 13.2. The summed E-state index contributed by atoms with van der Waals surface area (Å²) in [7, 11) is 1.70. The molecule has 0 bridgehead atoms. The van der Waals surface area contributed by atoms with E-state index in [-0.39, 0.29) is 11.0 Å². The molecular weight excluding hydrogens is 224 g/mol. The Kier molecular flexibility index (Phi) is 4.35. The van der Waals surface area contributed by atoms with E-state index in [1.54, 1.807) is 7.11 Å². The highest BCUT2D eigenvalue weighted by Crippen LogP contribution is 2.26. The summed E-state index contributed by atoms with van der Waals surface area (Å²) in [6.45, 7) is 4.77. The third kappa shape index (κ3) is 3.37. The largest absolute Gasteiger partial charge is 0.384 e. The maximum Gasteiger partial charge on any atom is 0.0701 e. The van der Waals surface area contributed by atoms with Crippen LogP contribution in [0.3, 0.4) is 0 Å². The van der Waals surface area contributed by atoms with Gasteiger partial charge in [-0.3, -0.25) is 0 Å². The highest BCUT2D eigenvalue weighted by molar-refractivity contribution is 4.90. The van der Waals surface area contributed by atoms with E-state index in [0.717, 1.165) is 26.2 Å². The van der Waals surface area contributed by atoms with Crippen molar-refractivity contribution in [1.29, 1.82) is 0 Å². The van der Waals surface area contributed by atoms with Gasteiger partial charge in [0, 0.05) is 13.7 Å². The molecular formula is C11H22N2O4. The Labute approximate surface area is 102 Å². The third-order valence-electron chi connectivity index (χ3n) is 3.30. The summed E-state index contributed by atoms with van der Waals surface area (Å²) in [5.74, 6) is 0. The van der Waals surface area contributed by atoms with Crippen LogP contribution in [-0.2, 0) is 19.0 Å². The lowest BCUT2D eigenvalue weighted by atomic mass is 9.87. The summed E-state index contributed by atoms with van der Waals surface area (Å²) in [6, 6.07) is 0. The number of nitrogens with two attached hydrogens (primary N) is 1. The van der Waals surface area contributed by atoms with Crippen molar-refractivity contribution in [2.24, 2.45) is 11.1 Å². The van der Waals surface area contributed by atoms with E-state index >= 15 is 0 Å². The van der Waals surface area contributed by atoms with Gasteiger partial charge in [-0.25, -0.2) is 5.48 Å². The summed E-state index contributed by atoms with van der Waals surface area (Å²) < 4.78 is 15.5. The Hall–Kier alpha value is -0.240. The Bertz CT molecular complexity index is 242. The zero-order chi connectivity index (χ0) is 12.2. The number of nitrogens with one attached hydrogen (secondary N) is 1. The Morgan fingerprint density at radius 2 is 1.94 bits per heavy atom. The van der Waals surface area contributed by atoms with E-state index in [1.807, 2.05) is 0 Å². The molecule has 2 heterocycles. The molecule has 0 aromatic rings. The molecule has 0 aromatic heterocycles. The van der Waals surface area contributed by atoms with Gasteiger partial charge in [0.2, 0.25) is 0 Å². The van der Waals surface area contributed by atoms with Gasteiger partial charge in [-0.05, 0) is 6.42 Å². The number of hydrogen-bond acceptors (Lipinski definition) is 6. The van der Waals surface area contributed by atoms with Crippen LogP contribution in [0.5, 0.6) is 0 Å². The van der Waals surface area contributed by atoms with E-state index in [2.05, 4.69) is 5.48 Å². The highest BCUT2D eigenvalue weighted by atomic mass is 16.6. The molecule has 2 aliphatic heterocycles. The number of hydrogen-bond donors (Lipinski definition) is 2. The minimum absolute atomic E-state index is 0.0781. The van der Waals surface area contributed by atoms with Gasteiger partial charge in [-0.15, -0.1) is 0 Å². The maximum atomic E-state index is 5.98. The van der Waals surface area contributed by atoms with Gasteiger partial charge in [0.25, 0.3) is 0 Å². The standard InChI is InChI=1S/C11H22N2O4/c1-14-5-10(6-15-7-10)4-13-17-3-2-11(12)8-16-9-11/h13H,2-9,12H2,1H3. The quantitative estimate of drug-likeness (QED) is 0.435. The van der Waals surface area contributed by atoms with Crippen LogP contribution < -0.4 is 11.2 Å². The first-order valence-corrected chi connectivity index (χ1v) is 5.96. The minimum atomic E-state index is -0.175. The average molecular weight is 246 g/mol. The fraction of sp³-hybridized carbons (Fsp3) is 1.00. The van der Waals surface area contributed by atoms with Gasteiger partial charge in [0.05, 0.1) is 50.6 Å². The van der Waals surface area contributed by atoms with E-state index in [1.165, 1.54) is 0 Å². The van der Waals surface area contributed by atoms with Crippen LogP contribution in [0.2, 0.25) is 0 Å². The van der Waals surface area contributed by atoms with E-state index in [4.69, 9.17) is 24.8 Å². The second-order valence-corrected chi connectivity index (χ2v) is 5.20. The molecule has 0 atom stereocenters. The molecule has 100 valence electrons. The smallest absolute Gasteiger partial charge is 0.0701 e. The third-order valence-corrected chi connectivity index (χ3v) is 3.30. The summed E-state index contributed by atoms with van der Waals surface area (Å²) in [5.41, 5.74) is 8.86. The Morgan fingerprint density at radius 1 is 1.24 bits per heavy atom. The van der Waals surface area contributed by atoms with Crippen molar-refractivity contribution < 1.29 is 19.0 Å². The van der Waals surface area contributed by atoms with Crippen molar-refractivity contribution in [3.63, 3.8) is 0 Å². The molecule has 6 nitrogen and oxygen atoms in total. The Balaban J connectivity index is 1.53. The molecule has 0 aliphatic carbocycles. The molecule has 0 saturated carbocycles. The van der Waals surface area contributed by atoms with Crippen LogP contribution in [0.1, 0.15) is 6.42 Å². The van der Waals surface area contributed by atoms with Crippen LogP contribution in [0, 0.1) is 5.41 Å². The van der Waals surface area contributed by atoms with E-state index in [0.29, 0.717) is 26.4 Å². The predicted molar refractivity (Wildman–Crippen MR) is 61.4 cm³/mol. The van der Waals surface area contributed by atoms with Crippen molar-refractivity contribution in [3.8, 4) is 0 Å². The lowest BCUT2D eigenvalue weighted by Gasteiger charge is -2.41. The number of rotatable bonds is 8. The maximum absolute atomic E-state index is 5.98. The molecule has 0 amide bonds. The number of ether oxygens (including phenoxy) is 3. The number of hydroxylamine groups is 1. The average Bonchev–Trinajstić information content (AvgIpc) is 2.22. The first-order valence-electron chi connectivity index (χ1n) is 5.96. The molecule has 0 radical (unpaired) electrons. The SMILES string of the molecule is COCC1(CNOCCC2(N)COC2)COC1. The molecule has 0 unspecified atom stereocenters. The van der Waals surface area contributed by atoms with Crippen LogP contribution in [0.15, 0.2) is 0 Å². The lowest BCUT2D eigenvalue weighted by molar-refractivity contribution is -0.157. The van der Waals surface area contributed by atoms with Crippen molar-refractivity contribution in [3.05, 3.63) is 0 Å². The van der Waals surface area contributed by atoms with Crippen LogP contribution in [-0.4, -0.2) is 58.8 Å². The molecule has 3 N–H and O–H groups in total. The summed E-state index contributed by atoms with van der Waals surface area (Å²) >= 11 is 0.